The predicted molar refractivity (Wildman–Crippen MR) is 68.1 cm³/mol. The van der Waals surface area contributed by atoms with E-state index in [1.165, 1.54) is 19.2 Å². The van der Waals surface area contributed by atoms with Crippen molar-refractivity contribution in [3.05, 3.63) is 35.4 Å². The molecule has 0 atom stereocenters. The summed E-state index contributed by atoms with van der Waals surface area (Å²) in [5.74, 6) is -2.20. The Hall–Kier alpha value is -2.90. The van der Waals surface area contributed by atoms with Crippen LogP contribution in [-0.2, 0) is 14.4 Å². The molecule has 0 radical (unpaired) electrons. The van der Waals surface area contributed by atoms with Crippen molar-refractivity contribution in [2.45, 2.75) is 6.42 Å². The van der Waals surface area contributed by atoms with Crippen molar-refractivity contribution in [2.75, 3.05) is 13.7 Å². The number of carbonyl (C=O) groups excluding carboxylic acids is 4. The van der Waals surface area contributed by atoms with Gasteiger partial charge in [0.25, 0.3) is 11.8 Å². The molecular weight excluding hydrogens is 280 g/mol. The molecule has 0 aliphatic carbocycles. The fourth-order valence-corrected chi connectivity index (χ4v) is 1.74. The summed E-state index contributed by atoms with van der Waals surface area (Å²) in [5, 5.41) is 2.70. The van der Waals surface area contributed by atoms with Gasteiger partial charge in [-0.15, -0.1) is 0 Å². The fraction of sp³-hybridized carbons (Fsp3) is 0.231. The summed E-state index contributed by atoms with van der Waals surface area (Å²) in [4.78, 5) is 50.9. The summed E-state index contributed by atoms with van der Waals surface area (Å²) < 4.78 is 4.32. The zero-order valence-electron chi connectivity index (χ0n) is 11.1. The van der Waals surface area contributed by atoms with Crippen molar-refractivity contribution in [1.29, 1.82) is 0 Å². The van der Waals surface area contributed by atoms with E-state index in [1.807, 2.05) is 0 Å². The Balaban J connectivity index is 1.93. The number of fused-ring (bicyclic) bond motifs is 1. The van der Waals surface area contributed by atoms with Crippen LogP contribution >= 0.6 is 0 Å². The molecular formula is C13H12N2O6. The monoisotopic (exact) mass is 292 g/mol. The van der Waals surface area contributed by atoms with Crippen molar-refractivity contribution in [3.63, 3.8) is 0 Å². The van der Waals surface area contributed by atoms with E-state index in [-0.39, 0.29) is 24.1 Å². The highest BCUT2D eigenvalue weighted by Crippen LogP contribution is 2.22. The van der Waals surface area contributed by atoms with Crippen LogP contribution in [0.2, 0.25) is 0 Å². The number of methoxy groups -OCH3 is 1. The first kappa shape index (κ1) is 14.5. The van der Waals surface area contributed by atoms with E-state index in [4.69, 9.17) is 4.84 Å². The third-order valence-electron chi connectivity index (χ3n) is 2.73. The van der Waals surface area contributed by atoms with Gasteiger partial charge in [0.15, 0.2) is 0 Å². The van der Waals surface area contributed by atoms with Crippen molar-refractivity contribution < 1.29 is 28.8 Å². The maximum absolute atomic E-state index is 11.9. The van der Waals surface area contributed by atoms with Crippen LogP contribution in [0.15, 0.2) is 24.3 Å². The van der Waals surface area contributed by atoms with E-state index in [2.05, 4.69) is 10.1 Å². The molecule has 2 rings (SSSR count). The van der Waals surface area contributed by atoms with Crippen LogP contribution in [0.25, 0.3) is 0 Å². The highest BCUT2D eigenvalue weighted by Gasteiger charge is 2.38. The summed E-state index contributed by atoms with van der Waals surface area (Å²) in [6.07, 6.45) is -0.897. The number of amides is 3. The molecule has 0 unspecified atom stereocenters. The Morgan fingerprint density at radius 1 is 1.14 bits per heavy atom. The van der Waals surface area contributed by atoms with Gasteiger partial charge in [-0.3, -0.25) is 9.59 Å². The second-order valence-corrected chi connectivity index (χ2v) is 4.08. The van der Waals surface area contributed by atoms with E-state index in [0.717, 1.165) is 0 Å². The van der Waals surface area contributed by atoms with Gasteiger partial charge in [-0.25, -0.2) is 9.59 Å². The predicted octanol–water partition coefficient (Wildman–Crippen LogP) is 0.487. The number of alkyl carbamates (subject to hydrolysis) is 1. The van der Waals surface area contributed by atoms with Gasteiger partial charge in [-0.05, 0) is 12.1 Å². The van der Waals surface area contributed by atoms with Gasteiger partial charge < -0.3 is 14.9 Å². The first-order valence-electron chi connectivity index (χ1n) is 6.05. The van der Waals surface area contributed by atoms with E-state index in [9.17, 15) is 19.2 Å². The van der Waals surface area contributed by atoms with Gasteiger partial charge in [0, 0.05) is 6.54 Å². The van der Waals surface area contributed by atoms with Crippen molar-refractivity contribution in [3.8, 4) is 0 Å². The van der Waals surface area contributed by atoms with Gasteiger partial charge in [-0.2, -0.15) is 0 Å². The number of nitrogens with one attached hydrogen (secondary N) is 1. The topological polar surface area (TPSA) is 102 Å². The molecule has 0 fully saturated rings. The summed E-state index contributed by atoms with van der Waals surface area (Å²) in [5.41, 5.74) is 0.367. The molecule has 1 aliphatic heterocycles. The number of benzene rings is 1. The standard InChI is InChI=1S/C13H12N2O6/c1-20-13(19)14-7-6-10(16)21-15-11(17)8-4-2-3-5-9(8)12(15)18/h2-5H,6-7H2,1H3,(H,14,19). The molecule has 1 aromatic rings. The van der Waals surface area contributed by atoms with Gasteiger partial charge in [0.05, 0.1) is 24.7 Å². The number of hydroxylamine groups is 2. The van der Waals surface area contributed by atoms with Crippen LogP contribution in [0.1, 0.15) is 27.1 Å². The molecule has 110 valence electrons. The average Bonchev–Trinajstić information content (AvgIpc) is 2.72. The fourth-order valence-electron chi connectivity index (χ4n) is 1.74. The molecule has 0 spiro atoms. The molecule has 1 heterocycles. The first-order chi connectivity index (χ1) is 10.0. The lowest BCUT2D eigenvalue weighted by Crippen LogP contribution is -2.34. The van der Waals surface area contributed by atoms with E-state index in [0.29, 0.717) is 5.06 Å². The van der Waals surface area contributed by atoms with Crippen LogP contribution < -0.4 is 5.32 Å². The number of carbonyl (C=O) groups is 4. The molecule has 0 aromatic heterocycles. The van der Waals surface area contributed by atoms with Gasteiger partial charge in [0.1, 0.15) is 0 Å². The lowest BCUT2D eigenvalue weighted by Gasteiger charge is -2.12. The van der Waals surface area contributed by atoms with Crippen molar-refractivity contribution in [2.24, 2.45) is 0 Å². The Morgan fingerprint density at radius 2 is 1.71 bits per heavy atom. The highest BCUT2D eigenvalue weighted by atomic mass is 16.7. The van der Waals surface area contributed by atoms with Crippen LogP contribution in [0, 0.1) is 0 Å². The number of rotatable bonds is 4. The third-order valence-corrected chi connectivity index (χ3v) is 2.73. The molecule has 8 nitrogen and oxygen atoms in total. The quantitative estimate of drug-likeness (QED) is 0.810. The number of imide groups is 1. The smallest absolute Gasteiger partial charge is 0.406 e. The lowest BCUT2D eigenvalue weighted by molar-refractivity contribution is -0.168. The van der Waals surface area contributed by atoms with E-state index >= 15 is 0 Å². The van der Waals surface area contributed by atoms with Gasteiger partial charge in [0.2, 0.25) is 0 Å². The van der Waals surface area contributed by atoms with Gasteiger partial charge in [-0.1, -0.05) is 17.2 Å². The summed E-state index contributed by atoms with van der Waals surface area (Å²) in [6, 6.07) is 6.16. The van der Waals surface area contributed by atoms with Crippen LogP contribution in [-0.4, -0.2) is 42.6 Å². The third kappa shape index (κ3) is 2.99. The molecule has 0 saturated carbocycles. The number of hydrogen-bond acceptors (Lipinski definition) is 6. The Labute approximate surface area is 119 Å². The molecule has 21 heavy (non-hydrogen) atoms. The van der Waals surface area contributed by atoms with E-state index < -0.39 is 23.9 Å². The Kier molecular flexibility index (Phi) is 4.17. The SMILES string of the molecule is COC(=O)NCCC(=O)ON1C(=O)c2ccccc2C1=O. The molecule has 0 bridgehead atoms. The first-order valence-corrected chi connectivity index (χ1v) is 6.05. The van der Waals surface area contributed by atoms with Crippen LogP contribution in [0.5, 0.6) is 0 Å². The minimum atomic E-state index is -0.819. The van der Waals surface area contributed by atoms with E-state index in [1.54, 1.807) is 12.1 Å². The molecule has 1 aromatic carbocycles. The summed E-state index contributed by atoms with van der Waals surface area (Å²) in [6.45, 7) is -0.0331. The second-order valence-electron chi connectivity index (χ2n) is 4.08. The normalized spacial score (nSPS) is 12.9. The molecule has 1 N–H and O–H groups in total. The molecule has 1 aliphatic rings. The number of nitrogens with zero attached hydrogens (tertiary/aromatic N) is 1. The Morgan fingerprint density at radius 3 is 2.24 bits per heavy atom. The van der Waals surface area contributed by atoms with Gasteiger partial charge >= 0.3 is 12.1 Å². The minimum Gasteiger partial charge on any atom is -0.453 e. The second kappa shape index (κ2) is 6.04. The Bertz CT molecular complexity index is 577. The maximum Gasteiger partial charge on any atom is 0.406 e. The zero-order valence-corrected chi connectivity index (χ0v) is 11.1. The average molecular weight is 292 g/mol. The molecule has 3 amide bonds. The van der Waals surface area contributed by atoms with Crippen molar-refractivity contribution in [1.82, 2.24) is 10.4 Å². The van der Waals surface area contributed by atoms with Crippen LogP contribution in [0.4, 0.5) is 4.79 Å². The number of hydrogen-bond donors (Lipinski definition) is 1. The lowest BCUT2D eigenvalue weighted by atomic mass is 10.1. The largest absolute Gasteiger partial charge is 0.453 e. The summed E-state index contributed by atoms with van der Waals surface area (Å²) in [7, 11) is 1.19. The molecule has 0 saturated heterocycles. The van der Waals surface area contributed by atoms with Crippen LogP contribution in [0.3, 0.4) is 0 Å². The summed E-state index contributed by atoms with van der Waals surface area (Å²) >= 11 is 0. The minimum absolute atomic E-state index is 0.0331. The number of ether oxygens (including phenoxy) is 1. The maximum atomic E-state index is 11.9. The van der Waals surface area contributed by atoms with Crippen molar-refractivity contribution >= 4 is 23.9 Å². The zero-order chi connectivity index (χ0) is 15.4. The molecule has 8 heteroatoms. The highest BCUT2D eigenvalue weighted by molar-refractivity contribution is 6.20.